The highest BCUT2D eigenvalue weighted by molar-refractivity contribution is 5.82. The van der Waals surface area contributed by atoms with Crippen LogP contribution in [0.4, 0.5) is 0 Å². The van der Waals surface area contributed by atoms with E-state index in [4.69, 9.17) is 0 Å². The Morgan fingerprint density at radius 2 is 1.71 bits per heavy atom. The van der Waals surface area contributed by atoms with Gasteiger partial charge in [0, 0.05) is 12.3 Å². The zero-order valence-corrected chi connectivity index (χ0v) is 10.9. The molecule has 0 N–H and O–H groups in total. The SMILES string of the molecule is CCC(CC)CC(=O)C1Cc2ccccc2C1. The average Bonchev–Trinajstić information content (AvgIpc) is 2.79. The highest BCUT2D eigenvalue weighted by atomic mass is 16.1. The third-order valence-corrected chi connectivity index (χ3v) is 4.15. The molecule has 0 amide bonds. The molecular weight excluding hydrogens is 208 g/mol. The molecule has 0 aliphatic heterocycles. The van der Waals surface area contributed by atoms with E-state index in [2.05, 4.69) is 38.1 Å². The Balaban J connectivity index is 1.96. The van der Waals surface area contributed by atoms with Crippen LogP contribution in [0.15, 0.2) is 24.3 Å². The van der Waals surface area contributed by atoms with E-state index in [1.807, 2.05) is 0 Å². The van der Waals surface area contributed by atoms with Gasteiger partial charge in [0.15, 0.2) is 0 Å². The van der Waals surface area contributed by atoms with E-state index >= 15 is 0 Å². The molecule has 1 aliphatic carbocycles. The van der Waals surface area contributed by atoms with Gasteiger partial charge in [0.05, 0.1) is 0 Å². The summed E-state index contributed by atoms with van der Waals surface area (Å²) in [4.78, 5) is 12.2. The van der Waals surface area contributed by atoms with E-state index in [0.29, 0.717) is 11.7 Å². The molecular formula is C16H22O. The first-order valence-electron chi connectivity index (χ1n) is 6.84. The normalized spacial score (nSPS) is 15.2. The second-order valence-electron chi connectivity index (χ2n) is 5.23. The van der Waals surface area contributed by atoms with E-state index in [-0.39, 0.29) is 5.92 Å². The van der Waals surface area contributed by atoms with Gasteiger partial charge in [-0.05, 0) is 29.9 Å². The van der Waals surface area contributed by atoms with Gasteiger partial charge in [0.2, 0.25) is 0 Å². The van der Waals surface area contributed by atoms with Crippen molar-refractivity contribution < 1.29 is 4.79 Å². The Morgan fingerprint density at radius 3 is 2.18 bits per heavy atom. The number of benzene rings is 1. The van der Waals surface area contributed by atoms with E-state index in [9.17, 15) is 4.79 Å². The lowest BCUT2D eigenvalue weighted by atomic mass is 9.90. The Morgan fingerprint density at radius 1 is 1.18 bits per heavy atom. The van der Waals surface area contributed by atoms with E-state index < -0.39 is 0 Å². The largest absolute Gasteiger partial charge is 0.299 e. The van der Waals surface area contributed by atoms with Crippen molar-refractivity contribution in [2.24, 2.45) is 11.8 Å². The van der Waals surface area contributed by atoms with Gasteiger partial charge in [-0.3, -0.25) is 4.79 Å². The molecule has 0 unspecified atom stereocenters. The molecule has 0 spiro atoms. The van der Waals surface area contributed by atoms with Crippen molar-refractivity contribution >= 4 is 5.78 Å². The number of carbonyl (C=O) groups is 1. The van der Waals surface area contributed by atoms with Crippen LogP contribution in [0, 0.1) is 11.8 Å². The number of hydrogen-bond acceptors (Lipinski definition) is 1. The van der Waals surface area contributed by atoms with Gasteiger partial charge in [0.25, 0.3) is 0 Å². The van der Waals surface area contributed by atoms with Crippen LogP contribution in [0.5, 0.6) is 0 Å². The Bertz CT molecular complexity index is 365. The van der Waals surface area contributed by atoms with Crippen molar-refractivity contribution in [3.63, 3.8) is 0 Å². The molecule has 0 saturated carbocycles. The molecule has 0 atom stereocenters. The summed E-state index contributed by atoms with van der Waals surface area (Å²) in [6.45, 7) is 4.37. The minimum absolute atomic E-state index is 0.257. The van der Waals surface area contributed by atoms with Gasteiger partial charge < -0.3 is 0 Å². The molecule has 1 aromatic rings. The summed E-state index contributed by atoms with van der Waals surface area (Å²) in [5.74, 6) is 1.33. The van der Waals surface area contributed by atoms with Gasteiger partial charge in [-0.1, -0.05) is 51.0 Å². The van der Waals surface area contributed by atoms with Gasteiger partial charge in [-0.15, -0.1) is 0 Å². The summed E-state index contributed by atoms with van der Waals surface area (Å²) in [6, 6.07) is 8.48. The summed E-state index contributed by atoms with van der Waals surface area (Å²) < 4.78 is 0. The second kappa shape index (κ2) is 5.48. The van der Waals surface area contributed by atoms with Crippen LogP contribution in [0.25, 0.3) is 0 Å². The molecule has 0 saturated heterocycles. The average molecular weight is 230 g/mol. The molecule has 1 aliphatic rings. The third-order valence-electron chi connectivity index (χ3n) is 4.15. The Hall–Kier alpha value is -1.11. The number of ketones is 1. The van der Waals surface area contributed by atoms with Crippen LogP contribution < -0.4 is 0 Å². The second-order valence-corrected chi connectivity index (χ2v) is 5.23. The number of fused-ring (bicyclic) bond motifs is 1. The molecule has 0 heterocycles. The van der Waals surface area contributed by atoms with Crippen LogP contribution in [-0.2, 0) is 17.6 Å². The minimum Gasteiger partial charge on any atom is -0.299 e. The predicted molar refractivity (Wildman–Crippen MR) is 71.0 cm³/mol. The summed E-state index contributed by atoms with van der Waals surface area (Å²) in [5, 5.41) is 0. The number of Topliss-reactive ketones (excluding diaryl/α,β-unsaturated/α-hetero) is 1. The minimum atomic E-state index is 0.257. The van der Waals surface area contributed by atoms with Gasteiger partial charge in [0.1, 0.15) is 5.78 Å². The topological polar surface area (TPSA) is 17.1 Å². The molecule has 0 fully saturated rings. The van der Waals surface area contributed by atoms with Gasteiger partial charge in [-0.2, -0.15) is 0 Å². The van der Waals surface area contributed by atoms with Crippen molar-refractivity contribution in [2.75, 3.05) is 0 Å². The van der Waals surface area contributed by atoms with Crippen LogP contribution in [0.2, 0.25) is 0 Å². The molecule has 17 heavy (non-hydrogen) atoms. The first-order chi connectivity index (χ1) is 8.24. The number of rotatable bonds is 5. The van der Waals surface area contributed by atoms with Crippen LogP contribution in [0.1, 0.15) is 44.2 Å². The molecule has 92 valence electrons. The van der Waals surface area contributed by atoms with Crippen LogP contribution in [-0.4, -0.2) is 5.78 Å². The smallest absolute Gasteiger partial charge is 0.136 e. The van der Waals surface area contributed by atoms with Gasteiger partial charge >= 0.3 is 0 Å². The standard InChI is InChI=1S/C16H22O/c1-3-12(4-2)9-16(17)15-10-13-7-5-6-8-14(13)11-15/h5-8,12,15H,3-4,9-11H2,1-2H3. The molecule has 1 aromatic carbocycles. The van der Waals surface area contributed by atoms with Crippen molar-refractivity contribution in [3.8, 4) is 0 Å². The van der Waals surface area contributed by atoms with Crippen LogP contribution >= 0.6 is 0 Å². The monoisotopic (exact) mass is 230 g/mol. The zero-order valence-electron chi connectivity index (χ0n) is 10.9. The van der Waals surface area contributed by atoms with Crippen molar-refractivity contribution in [2.45, 2.75) is 46.0 Å². The maximum Gasteiger partial charge on any atom is 0.136 e. The zero-order chi connectivity index (χ0) is 12.3. The van der Waals surface area contributed by atoms with E-state index in [1.54, 1.807) is 0 Å². The summed E-state index contributed by atoms with van der Waals surface area (Å²) >= 11 is 0. The number of carbonyl (C=O) groups excluding carboxylic acids is 1. The molecule has 2 rings (SSSR count). The molecule has 0 radical (unpaired) electrons. The quantitative estimate of drug-likeness (QED) is 0.752. The predicted octanol–water partition coefficient (Wildman–Crippen LogP) is 3.80. The maximum absolute atomic E-state index is 12.2. The fourth-order valence-electron chi connectivity index (χ4n) is 2.82. The molecule has 1 heteroatoms. The first-order valence-corrected chi connectivity index (χ1v) is 6.84. The van der Waals surface area contributed by atoms with E-state index in [1.165, 1.54) is 11.1 Å². The lowest BCUT2D eigenvalue weighted by molar-refractivity contribution is -0.123. The van der Waals surface area contributed by atoms with Crippen LogP contribution in [0.3, 0.4) is 0 Å². The summed E-state index contributed by atoms with van der Waals surface area (Å²) in [6.07, 6.45) is 4.97. The fourth-order valence-corrected chi connectivity index (χ4v) is 2.82. The highest BCUT2D eigenvalue weighted by Gasteiger charge is 2.27. The lowest BCUT2D eigenvalue weighted by Crippen LogP contribution is -2.18. The Labute approximate surface area is 104 Å². The fraction of sp³-hybridized carbons (Fsp3) is 0.562. The Kier molecular flexibility index (Phi) is 3.98. The molecule has 1 nitrogen and oxygen atoms in total. The molecule has 0 bridgehead atoms. The number of hydrogen-bond donors (Lipinski definition) is 0. The van der Waals surface area contributed by atoms with Crippen molar-refractivity contribution in [1.82, 2.24) is 0 Å². The summed E-state index contributed by atoms with van der Waals surface area (Å²) in [7, 11) is 0. The third kappa shape index (κ3) is 2.77. The maximum atomic E-state index is 12.2. The summed E-state index contributed by atoms with van der Waals surface area (Å²) in [5.41, 5.74) is 2.77. The molecule has 0 aromatic heterocycles. The van der Waals surface area contributed by atoms with E-state index in [0.717, 1.165) is 32.1 Å². The van der Waals surface area contributed by atoms with Crippen molar-refractivity contribution in [1.29, 1.82) is 0 Å². The highest BCUT2D eigenvalue weighted by Crippen LogP contribution is 2.29. The lowest BCUT2D eigenvalue weighted by Gasteiger charge is -2.14. The van der Waals surface area contributed by atoms with Gasteiger partial charge in [-0.25, -0.2) is 0 Å². The van der Waals surface area contributed by atoms with Crippen molar-refractivity contribution in [3.05, 3.63) is 35.4 Å². The first kappa shape index (κ1) is 12.3.